The monoisotopic (exact) mass is 298 g/mol. The molecule has 0 aliphatic rings. The fraction of sp³-hybridized carbons (Fsp3) is 0. The van der Waals surface area contributed by atoms with E-state index in [0.717, 1.165) is 28.1 Å². The van der Waals surface area contributed by atoms with Crippen molar-refractivity contribution in [3.05, 3.63) is 85.3 Å². The summed E-state index contributed by atoms with van der Waals surface area (Å²) in [5.41, 5.74) is 4.76. The van der Waals surface area contributed by atoms with E-state index in [1.165, 1.54) is 0 Å². The number of nitrogens with zero attached hydrogens (tertiary/aromatic N) is 2. The van der Waals surface area contributed by atoms with Crippen LogP contribution < -0.4 is 0 Å². The zero-order valence-electron chi connectivity index (χ0n) is 12.4. The Morgan fingerprint density at radius 2 is 1.22 bits per heavy atom. The highest BCUT2D eigenvalue weighted by atomic mass is 16.3. The Balaban J connectivity index is 1.91. The Morgan fingerprint density at radius 1 is 0.609 bits per heavy atom. The molecule has 23 heavy (non-hydrogen) atoms. The second-order valence-corrected chi connectivity index (χ2v) is 5.21. The topological polar surface area (TPSA) is 38.9 Å². The minimum atomic E-state index is 0.711. The molecule has 0 aliphatic carbocycles. The molecule has 2 aromatic carbocycles. The van der Waals surface area contributed by atoms with Crippen LogP contribution in [-0.4, -0.2) is 9.97 Å². The van der Waals surface area contributed by atoms with Gasteiger partial charge in [0.15, 0.2) is 5.82 Å². The maximum Gasteiger partial charge on any atom is 0.160 e. The van der Waals surface area contributed by atoms with E-state index >= 15 is 0 Å². The van der Waals surface area contributed by atoms with Crippen LogP contribution >= 0.6 is 0 Å². The second kappa shape index (κ2) is 5.89. The first-order chi connectivity index (χ1) is 11.4. The van der Waals surface area contributed by atoms with E-state index in [0.29, 0.717) is 5.82 Å². The summed E-state index contributed by atoms with van der Waals surface area (Å²) in [5.74, 6) is 0.711. The highest BCUT2D eigenvalue weighted by molar-refractivity contribution is 5.71. The van der Waals surface area contributed by atoms with Crippen LogP contribution in [0.2, 0.25) is 0 Å². The van der Waals surface area contributed by atoms with Crippen molar-refractivity contribution in [2.75, 3.05) is 0 Å². The Bertz CT molecular complexity index is 843. The highest BCUT2D eigenvalue weighted by Crippen LogP contribution is 2.27. The molecule has 0 spiro atoms. The molecule has 0 aliphatic heterocycles. The standard InChI is InChI=1S/C20H14N2O/c1-3-7-15(8-4-1)18-13-19(17-11-12-23-14-17)22-20(21-18)16-9-5-2-6-10-16/h1-14H. The van der Waals surface area contributed by atoms with E-state index in [1.807, 2.05) is 60.7 Å². The first-order valence-corrected chi connectivity index (χ1v) is 7.43. The quantitative estimate of drug-likeness (QED) is 0.530. The van der Waals surface area contributed by atoms with Crippen LogP contribution in [0.15, 0.2) is 89.7 Å². The molecule has 4 aromatic rings. The Labute approximate surface area is 134 Å². The molecule has 3 heteroatoms. The van der Waals surface area contributed by atoms with Gasteiger partial charge in [-0.15, -0.1) is 0 Å². The van der Waals surface area contributed by atoms with Crippen LogP contribution in [0.5, 0.6) is 0 Å². The third kappa shape index (κ3) is 2.77. The number of benzene rings is 2. The summed E-state index contributed by atoms with van der Waals surface area (Å²) in [5, 5.41) is 0. The minimum absolute atomic E-state index is 0.711. The number of hydrogen-bond donors (Lipinski definition) is 0. The van der Waals surface area contributed by atoms with E-state index in [9.17, 15) is 0 Å². The van der Waals surface area contributed by atoms with Crippen LogP contribution in [0.4, 0.5) is 0 Å². The lowest BCUT2D eigenvalue weighted by Crippen LogP contribution is -1.95. The molecular formula is C20H14N2O. The molecule has 0 bridgehead atoms. The smallest absolute Gasteiger partial charge is 0.160 e. The second-order valence-electron chi connectivity index (χ2n) is 5.21. The summed E-state index contributed by atoms with van der Waals surface area (Å²) in [6.45, 7) is 0. The average molecular weight is 298 g/mol. The van der Waals surface area contributed by atoms with Crippen LogP contribution in [0.25, 0.3) is 33.9 Å². The summed E-state index contributed by atoms with van der Waals surface area (Å²) in [6.07, 6.45) is 3.35. The number of rotatable bonds is 3. The van der Waals surface area contributed by atoms with E-state index in [1.54, 1.807) is 12.5 Å². The highest BCUT2D eigenvalue weighted by Gasteiger charge is 2.10. The fourth-order valence-corrected chi connectivity index (χ4v) is 2.48. The number of furan rings is 1. The van der Waals surface area contributed by atoms with Gasteiger partial charge in [0.25, 0.3) is 0 Å². The predicted molar refractivity (Wildman–Crippen MR) is 90.6 cm³/mol. The normalized spacial score (nSPS) is 10.6. The van der Waals surface area contributed by atoms with Gasteiger partial charge in [-0.1, -0.05) is 60.7 Å². The first-order valence-electron chi connectivity index (χ1n) is 7.43. The molecule has 3 nitrogen and oxygen atoms in total. The third-order valence-electron chi connectivity index (χ3n) is 3.64. The van der Waals surface area contributed by atoms with E-state index < -0.39 is 0 Å². The molecule has 0 amide bonds. The van der Waals surface area contributed by atoms with Gasteiger partial charge in [0.05, 0.1) is 23.9 Å². The molecule has 2 aromatic heterocycles. The summed E-state index contributed by atoms with van der Waals surface area (Å²) < 4.78 is 5.20. The van der Waals surface area contributed by atoms with Crippen molar-refractivity contribution in [1.82, 2.24) is 9.97 Å². The largest absolute Gasteiger partial charge is 0.472 e. The SMILES string of the molecule is c1ccc(-c2cc(-c3ccoc3)nc(-c3ccccc3)n2)cc1. The zero-order chi connectivity index (χ0) is 15.5. The van der Waals surface area contributed by atoms with Gasteiger partial charge in [0, 0.05) is 16.7 Å². The van der Waals surface area contributed by atoms with Gasteiger partial charge in [0.1, 0.15) is 0 Å². The molecule has 0 saturated heterocycles. The molecule has 2 heterocycles. The summed E-state index contributed by atoms with van der Waals surface area (Å²) in [6, 6.07) is 24.0. The molecule has 4 rings (SSSR count). The van der Waals surface area contributed by atoms with E-state index in [-0.39, 0.29) is 0 Å². The predicted octanol–water partition coefficient (Wildman–Crippen LogP) is 5.07. The Kier molecular flexibility index (Phi) is 3.45. The molecule has 0 atom stereocenters. The van der Waals surface area contributed by atoms with Crippen molar-refractivity contribution in [2.24, 2.45) is 0 Å². The van der Waals surface area contributed by atoms with E-state index in [2.05, 4.69) is 12.1 Å². The van der Waals surface area contributed by atoms with Gasteiger partial charge >= 0.3 is 0 Å². The van der Waals surface area contributed by atoms with Gasteiger partial charge in [0.2, 0.25) is 0 Å². The van der Waals surface area contributed by atoms with Crippen LogP contribution in [0.1, 0.15) is 0 Å². The van der Waals surface area contributed by atoms with Gasteiger partial charge in [-0.25, -0.2) is 9.97 Å². The van der Waals surface area contributed by atoms with Gasteiger partial charge < -0.3 is 4.42 Å². The summed E-state index contributed by atoms with van der Waals surface area (Å²) in [4.78, 5) is 9.44. The maximum atomic E-state index is 5.20. The van der Waals surface area contributed by atoms with Crippen molar-refractivity contribution in [3.8, 4) is 33.9 Å². The number of aromatic nitrogens is 2. The maximum absolute atomic E-state index is 5.20. The molecule has 110 valence electrons. The Morgan fingerprint density at radius 3 is 1.83 bits per heavy atom. The van der Waals surface area contributed by atoms with Crippen molar-refractivity contribution in [1.29, 1.82) is 0 Å². The Hall–Kier alpha value is -3.20. The molecule has 0 unspecified atom stereocenters. The fourth-order valence-electron chi connectivity index (χ4n) is 2.48. The first kappa shape index (κ1) is 13.5. The van der Waals surface area contributed by atoms with Gasteiger partial charge in [-0.2, -0.15) is 0 Å². The van der Waals surface area contributed by atoms with Crippen molar-refractivity contribution >= 4 is 0 Å². The van der Waals surface area contributed by atoms with Crippen LogP contribution in [0, 0.1) is 0 Å². The minimum Gasteiger partial charge on any atom is -0.472 e. The lowest BCUT2D eigenvalue weighted by Gasteiger charge is -2.08. The van der Waals surface area contributed by atoms with Crippen molar-refractivity contribution < 1.29 is 4.42 Å². The zero-order valence-corrected chi connectivity index (χ0v) is 12.4. The molecule has 0 saturated carbocycles. The molecule has 0 N–H and O–H groups in total. The molecule has 0 radical (unpaired) electrons. The van der Waals surface area contributed by atoms with Crippen LogP contribution in [-0.2, 0) is 0 Å². The summed E-state index contributed by atoms with van der Waals surface area (Å²) >= 11 is 0. The van der Waals surface area contributed by atoms with Gasteiger partial charge in [-0.05, 0) is 12.1 Å². The van der Waals surface area contributed by atoms with Crippen LogP contribution in [0.3, 0.4) is 0 Å². The van der Waals surface area contributed by atoms with Crippen molar-refractivity contribution in [3.63, 3.8) is 0 Å². The lowest BCUT2D eigenvalue weighted by atomic mass is 10.1. The van der Waals surface area contributed by atoms with Crippen molar-refractivity contribution in [2.45, 2.75) is 0 Å². The van der Waals surface area contributed by atoms with Gasteiger partial charge in [-0.3, -0.25) is 0 Å². The number of hydrogen-bond acceptors (Lipinski definition) is 3. The third-order valence-corrected chi connectivity index (χ3v) is 3.64. The molecule has 0 fully saturated rings. The lowest BCUT2D eigenvalue weighted by molar-refractivity contribution is 0.568. The summed E-state index contributed by atoms with van der Waals surface area (Å²) in [7, 11) is 0. The average Bonchev–Trinajstić information content (AvgIpc) is 3.18. The molecular weight excluding hydrogens is 284 g/mol. The van der Waals surface area contributed by atoms with E-state index in [4.69, 9.17) is 14.4 Å².